The summed E-state index contributed by atoms with van der Waals surface area (Å²) in [6, 6.07) is 6.43. The van der Waals surface area contributed by atoms with E-state index in [0.717, 1.165) is 68.8 Å². The summed E-state index contributed by atoms with van der Waals surface area (Å²) in [7, 11) is 0. The zero-order chi connectivity index (χ0) is 18.4. The van der Waals surface area contributed by atoms with Gasteiger partial charge in [0.25, 0.3) is 0 Å². The minimum Gasteiger partial charge on any atom is -0.340 e. The van der Waals surface area contributed by atoms with Crippen LogP contribution < -0.4 is 5.32 Å². The molecular formula is C21H25FN4O. The molecule has 2 N–H and O–H groups in total. The van der Waals surface area contributed by atoms with Gasteiger partial charge in [-0.3, -0.25) is 4.79 Å². The number of nitrogens with zero attached hydrogens (tertiary/aromatic N) is 2. The van der Waals surface area contributed by atoms with Crippen LogP contribution in [-0.2, 0) is 4.79 Å². The maximum atomic E-state index is 13.2. The van der Waals surface area contributed by atoms with Crippen molar-refractivity contribution in [2.75, 3.05) is 19.6 Å². The third-order valence-corrected chi connectivity index (χ3v) is 6.69. The van der Waals surface area contributed by atoms with Crippen molar-refractivity contribution in [1.29, 1.82) is 0 Å². The minimum atomic E-state index is -0.248. The molecule has 2 aromatic rings. The number of nitrogens with one attached hydrogen (secondary N) is 2. The van der Waals surface area contributed by atoms with Crippen LogP contribution in [-0.4, -0.2) is 40.4 Å². The zero-order valence-electron chi connectivity index (χ0n) is 15.4. The quantitative estimate of drug-likeness (QED) is 0.874. The molecule has 1 saturated carbocycles. The lowest BCUT2D eigenvalue weighted by molar-refractivity contribution is -0.134. The van der Waals surface area contributed by atoms with Gasteiger partial charge in [-0.15, -0.1) is 0 Å². The number of aromatic amines is 1. The molecule has 2 atom stereocenters. The number of benzene rings is 1. The molecule has 1 spiro atoms. The molecule has 3 heterocycles. The Labute approximate surface area is 158 Å². The van der Waals surface area contributed by atoms with E-state index in [1.807, 2.05) is 0 Å². The van der Waals surface area contributed by atoms with Crippen LogP contribution in [0.25, 0.3) is 11.3 Å². The smallest absolute Gasteiger partial charge is 0.226 e. The molecule has 6 heteroatoms. The van der Waals surface area contributed by atoms with Crippen LogP contribution in [0.2, 0.25) is 0 Å². The van der Waals surface area contributed by atoms with Gasteiger partial charge in [0.05, 0.1) is 17.9 Å². The third-order valence-electron chi connectivity index (χ3n) is 6.69. The van der Waals surface area contributed by atoms with Gasteiger partial charge in [0, 0.05) is 12.5 Å². The van der Waals surface area contributed by atoms with E-state index in [-0.39, 0.29) is 23.2 Å². The number of halogens is 1. The van der Waals surface area contributed by atoms with Crippen molar-refractivity contribution in [3.63, 3.8) is 0 Å². The Bertz CT molecular complexity index is 840. The molecule has 2 unspecified atom stereocenters. The lowest BCUT2D eigenvalue weighted by Gasteiger charge is -2.27. The van der Waals surface area contributed by atoms with Gasteiger partial charge in [0.2, 0.25) is 5.91 Å². The van der Waals surface area contributed by atoms with Crippen molar-refractivity contribution in [1.82, 2.24) is 20.2 Å². The summed E-state index contributed by atoms with van der Waals surface area (Å²) in [6.45, 7) is 2.89. The standard InChI is InChI=1S/C21H25FN4O/c22-15-5-3-14(4-6-15)17-13-24-19(25-17)18-2-1-11-26(18)20(27)16-12-21(16)7-9-23-10-8-21/h3-6,13,16,18,23H,1-2,7-12H2,(H,24,25). The van der Waals surface area contributed by atoms with Gasteiger partial charge in [0.1, 0.15) is 11.6 Å². The monoisotopic (exact) mass is 368 g/mol. The largest absolute Gasteiger partial charge is 0.340 e. The predicted molar refractivity (Wildman–Crippen MR) is 100 cm³/mol. The van der Waals surface area contributed by atoms with Crippen molar-refractivity contribution in [2.24, 2.45) is 11.3 Å². The summed E-state index contributed by atoms with van der Waals surface area (Å²) in [5, 5.41) is 3.40. The molecule has 1 amide bonds. The highest BCUT2D eigenvalue weighted by atomic mass is 19.1. The van der Waals surface area contributed by atoms with Crippen molar-refractivity contribution in [3.05, 3.63) is 42.1 Å². The summed E-state index contributed by atoms with van der Waals surface area (Å²) in [6.07, 6.45) is 7.05. The summed E-state index contributed by atoms with van der Waals surface area (Å²) in [5.41, 5.74) is 2.03. The molecule has 5 rings (SSSR count). The number of rotatable bonds is 3. The highest BCUT2D eigenvalue weighted by Gasteiger charge is 2.59. The van der Waals surface area contributed by atoms with E-state index in [1.54, 1.807) is 18.3 Å². The first kappa shape index (κ1) is 16.9. The van der Waals surface area contributed by atoms with E-state index in [9.17, 15) is 9.18 Å². The molecule has 1 aromatic heterocycles. The van der Waals surface area contributed by atoms with E-state index in [4.69, 9.17) is 0 Å². The van der Waals surface area contributed by atoms with E-state index in [1.165, 1.54) is 12.1 Å². The molecule has 3 aliphatic rings. The summed E-state index contributed by atoms with van der Waals surface area (Å²) in [5.74, 6) is 1.12. The van der Waals surface area contributed by atoms with E-state index >= 15 is 0 Å². The number of aromatic nitrogens is 2. The van der Waals surface area contributed by atoms with Gasteiger partial charge >= 0.3 is 0 Å². The number of piperidine rings is 1. The summed E-state index contributed by atoms with van der Waals surface area (Å²) in [4.78, 5) is 23.2. The van der Waals surface area contributed by atoms with Gasteiger partial charge in [-0.2, -0.15) is 0 Å². The van der Waals surface area contributed by atoms with Crippen LogP contribution in [0.3, 0.4) is 0 Å². The summed E-state index contributed by atoms with van der Waals surface area (Å²) >= 11 is 0. The number of H-pyrrole nitrogens is 1. The van der Waals surface area contributed by atoms with Gasteiger partial charge < -0.3 is 15.2 Å². The van der Waals surface area contributed by atoms with Gasteiger partial charge in [-0.25, -0.2) is 9.37 Å². The lowest BCUT2D eigenvalue weighted by atomic mass is 9.91. The third kappa shape index (κ3) is 2.96. The molecular weight excluding hydrogens is 343 g/mol. The normalized spacial score (nSPS) is 26.5. The van der Waals surface area contributed by atoms with Crippen LogP contribution in [0.15, 0.2) is 30.5 Å². The number of carbonyl (C=O) groups is 1. The predicted octanol–water partition coefficient (Wildman–Crippen LogP) is 3.27. The minimum absolute atomic E-state index is 0.0334. The van der Waals surface area contributed by atoms with Crippen LogP contribution in [0.1, 0.15) is 44.0 Å². The second-order valence-electron chi connectivity index (χ2n) is 8.25. The van der Waals surface area contributed by atoms with Gasteiger partial charge in [-0.05, 0) is 80.4 Å². The number of hydrogen-bond acceptors (Lipinski definition) is 3. The molecule has 5 nitrogen and oxygen atoms in total. The van der Waals surface area contributed by atoms with Crippen LogP contribution in [0.4, 0.5) is 4.39 Å². The van der Waals surface area contributed by atoms with Crippen LogP contribution in [0, 0.1) is 17.2 Å². The number of amides is 1. The van der Waals surface area contributed by atoms with Crippen LogP contribution >= 0.6 is 0 Å². The second kappa shape index (κ2) is 6.44. The Morgan fingerprint density at radius 1 is 1.22 bits per heavy atom. The fraction of sp³-hybridized carbons (Fsp3) is 0.524. The molecule has 0 radical (unpaired) electrons. The van der Waals surface area contributed by atoms with Gasteiger partial charge in [0.15, 0.2) is 0 Å². The lowest BCUT2D eigenvalue weighted by Crippen LogP contribution is -2.36. The molecule has 1 aromatic carbocycles. The summed E-state index contributed by atoms with van der Waals surface area (Å²) < 4.78 is 13.2. The molecule has 2 saturated heterocycles. The maximum Gasteiger partial charge on any atom is 0.226 e. The van der Waals surface area contributed by atoms with E-state index in [2.05, 4.69) is 20.2 Å². The SMILES string of the molecule is O=C(C1CC12CCNCC2)N1CCCC1c1ncc(-c2ccc(F)cc2)[nH]1. The highest BCUT2D eigenvalue weighted by Crippen LogP contribution is 2.59. The second-order valence-corrected chi connectivity index (χ2v) is 8.25. The number of likely N-dealkylation sites (tertiary alicyclic amines) is 1. The highest BCUT2D eigenvalue weighted by molar-refractivity contribution is 5.83. The fourth-order valence-electron chi connectivity index (χ4n) is 4.97. The first-order valence-electron chi connectivity index (χ1n) is 9.98. The van der Waals surface area contributed by atoms with Crippen molar-refractivity contribution < 1.29 is 9.18 Å². The number of hydrogen-bond donors (Lipinski definition) is 2. The maximum absolute atomic E-state index is 13.2. The van der Waals surface area contributed by atoms with Crippen molar-refractivity contribution in [2.45, 2.75) is 38.1 Å². The average molecular weight is 368 g/mol. The first-order valence-corrected chi connectivity index (χ1v) is 9.98. The van der Waals surface area contributed by atoms with E-state index in [0.29, 0.717) is 5.91 Å². The fourth-order valence-corrected chi connectivity index (χ4v) is 4.97. The molecule has 1 aliphatic carbocycles. The molecule has 142 valence electrons. The zero-order valence-corrected chi connectivity index (χ0v) is 15.4. The Kier molecular flexibility index (Phi) is 4.04. The Balaban J connectivity index is 1.33. The van der Waals surface area contributed by atoms with Crippen molar-refractivity contribution in [3.8, 4) is 11.3 Å². The number of imidazole rings is 1. The number of carbonyl (C=O) groups excluding carboxylic acids is 1. The topological polar surface area (TPSA) is 61.0 Å². The van der Waals surface area contributed by atoms with Crippen molar-refractivity contribution >= 4 is 5.91 Å². The molecule has 2 aliphatic heterocycles. The first-order chi connectivity index (χ1) is 13.2. The Hall–Kier alpha value is -2.21. The Morgan fingerprint density at radius 2 is 2.00 bits per heavy atom. The van der Waals surface area contributed by atoms with E-state index < -0.39 is 0 Å². The van der Waals surface area contributed by atoms with Gasteiger partial charge in [-0.1, -0.05) is 0 Å². The molecule has 27 heavy (non-hydrogen) atoms. The molecule has 3 fully saturated rings. The van der Waals surface area contributed by atoms with Crippen LogP contribution in [0.5, 0.6) is 0 Å². The molecule has 0 bridgehead atoms. The average Bonchev–Trinajstić information content (AvgIpc) is 3.09. The Morgan fingerprint density at radius 3 is 2.78 bits per heavy atom.